The molecular weight excluding hydrogens is 242 g/mol. The summed E-state index contributed by atoms with van der Waals surface area (Å²) in [5.74, 6) is 0. The molecule has 5 nitrogen and oxygen atoms in total. The molecule has 3 N–H and O–H groups in total. The number of nitrogens with zero attached hydrogens (tertiary/aromatic N) is 1. The zero-order valence-corrected chi connectivity index (χ0v) is 11.3. The van der Waals surface area contributed by atoms with Gasteiger partial charge in [0, 0.05) is 31.1 Å². The van der Waals surface area contributed by atoms with E-state index in [0.29, 0.717) is 11.8 Å². The maximum atomic E-state index is 12.1. The second-order valence-corrected chi connectivity index (χ2v) is 4.70. The number of urea groups is 1. The van der Waals surface area contributed by atoms with Gasteiger partial charge < -0.3 is 20.7 Å². The van der Waals surface area contributed by atoms with E-state index in [2.05, 4.69) is 5.32 Å². The minimum atomic E-state index is -0.0689. The number of rotatable bonds is 3. The van der Waals surface area contributed by atoms with Crippen LogP contribution in [-0.4, -0.2) is 36.7 Å². The molecule has 0 unspecified atom stereocenters. The van der Waals surface area contributed by atoms with Crippen LogP contribution in [0.5, 0.6) is 0 Å². The molecule has 1 heterocycles. The number of ether oxygens (including phenoxy) is 1. The third kappa shape index (κ3) is 3.86. The highest BCUT2D eigenvalue weighted by Crippen LogP contribution is 2.16. The predicted octanol–water partition coefficient (Wildman–Crippen LogP) is 2.30. The third-order valence-electron chi connectivity index (χ3n) is 3.27. The topological polar surface area (TPSA) is 67.6 Å². The lowest BCUT2D eigenvalue weighted by atomic mass is 10.1. The second kappa shape index (κ2) is 6.43. The normalized spacial score (nSPS) is 16.4. The molecule has 2 rings (SSSR count). The first-order chi connectivity index (χ1) is 9.19. The fourth-order valence-electron chi connectivity index (χ4n) is 2.28. The van der Waals surface area contributed by atoms with E-state index < -0.39 is 0 Å². The zero-order chi connectivity index (χ0) is 13.7. The van der Waals surface area contributed by atoms with Crippen molar-refractivity contribution < 1.29 is 9.53 Å². The fraction of sp³-hybridized carbons (Fsp3) is 0.500. The monoisotopic (exact) mass is 263 g/mol. The summed E-state index contributed by atoms with van der Waals surface area (Å²) in [4.78, 5) is 13.9. The Balaban J connectivity index is 1.84. The van der Waals surface area contributed by atoms with Crippen LogP contribution >= 0.6 is 0 Å². The van der Waals surface area contributed by atoms with Gasteiger partial charge in [-0.1, -0.05) is 6.07 Å². The lowest BCUT2D eigenvalue weighted by Gasteiger charge is -2.31. The van der Waals surface area contributed by atoms with Gasteiger partial charge in [-0.15, -0.1) is 0 Å². The van der Waals surface area contributed by atoms with Gasteiger partial charge in [-0.2, -0.15) is 0 Å². The maximum Gasteiger partial charge on any atom is 0.321 e. The van der Waals surface area contributed by atoms with Gasteiger partial charge in [-0.25, -0.2) is 4.79 Å². The average molecular weight is 263 g/mol. The van der Waals surface area contributed by atoms with Crippen molar-refractivity contribution in [1.82, 2.24) is 4.90 Å². The molecule has 5 heteroatoms. The Morgan fingerprint density at radius 3 is 2.84 bits per heavy atom. The molecule has 2 amide bonds. The Labute approximate surface area is 113 Å². The van der Waals surface area contributed by atoms with E-state index in [1.54, 1.807) is 12.1 Å². The highest BCUT2D eigenvalue weighted by atomic mass is 16.5. The molecule has 0 aliphatic carbocycles. The van der Waals surface area contributed by atoms with E-state index in [4.69, 9.17) is 10.5 Å². The van der Waals surface area contributed by atoms with Crippen LogP contribution in [0.3, 0.4) is 0 Å². The highest BCUT2D eigenvalue weighted by molar-refractivity contribution is 5.89. The number of nitrogens with one attached hydrogen (secondary N) is 1. The number of hydrogen-bond donors (Lipinski definition) is 2. The first kappa shape index (κ1) is 13.7. The Morgan fingerprint density at radius 2 is 2.21 bits per heavy atom. The largest absolute Gasteiger partial charge is 0.399 e. The molecule has 1 aliphatic heterocycles. The predicted molar refractivity (Wildman–Crippen MR) is 76.1 cm³/mol. The molecule has 0 spiro atoms. The number of piperidine rings is 1. The summed E-state index contributed by atoms with van der Waals surface area (Å²) >= 11 is 0. The van der Waals surface area contributed by atoms with Crippen LogP contribution in [0, 0.1) is 0 Å². The molecule has 19 heavy (non-hydrogen) atoms. The molecule has 104 valence electrons. The van der Waals surface area contributed by atoms with Gasteiger partial charge in [0.05, 0.1) is 6.10 Å². The molecule has 1 fully saturated rings. The summed E-state index contributed by atoms with van der Waals surface area (Å²) < 4.78 is 5.57. The molecule has 1 aromatic carbocycles. The van der Waals surface area contributed by atoms with Crippen molar-refractivity contribution in [2.45, 2.75) is 25.9 Å². The van der Waals surface area contributed by atoms with Crippen molar-refractivity contribution in [3.05, 3.63) is 24.3 Å². The average Bonchev–Trinajstić information content (AvgIpc) is 2.40. The second-order valence-electron chi connectivity index (χ2n) is 4.70. The summed E-state index contributed by atoms with van der Waals surface area (Å²) in [5.41, 5.74) is 7.06. The van der Waals surface area contributed by atoms with E-state index in [0.717, 1.165) is 38.2 Å². The molecule has 0 atom stereocenters. The number of nitrogens with two attached hydrogens (primary N) is 1. The van der Waals surface area contributed by atoms with Crippen molar-refractivity contribution in [1.29, 1.82) is 0 Å². The summed E-state index contributed by atoms with van der Waals surface area (Å²) in [6.45, 7) is 4.21. The SMILES string of the molecule is CCOC1CCN(C(=O)Nc2cccc(N)c2)CC1. The van der Waals surface area contributed by atoms with Crippen molar-refractivity contribution in [2.75, 3.05) is 30.7 Å². The van der Waals surface area contributed by atoms with Crippen LogP contribution in [0.25, 0.3) is 0 Å². The van der Waals surface area contributed by atoms with Crippen LogP contribution in [0.2, 0.25) is 0 Å². The van der Waals surface area contributed by atoms with E-state index in [1.807, 2.05) is 24.0 Å². The van der Waals surface area contributed by atoms with E-state index in [1.165, 1.54) is 0 Å². The lowest BCUT2D eigenvalue weighted by Crippen LogP contribution is -2.43. The number of nitrogen functional groups attached to an aromatic ring is 1. The summed E-state index contributed by atoms with van der Waals surface area (Å²) in [7, 11) is 0. The Bertz CT molecular complexity index is 428. The van der Waals surface area contributed by atoms with Gasteiger partial charge in [0.25, 0.3) is 0 Å². The van der Waals surface area contributed by atoms with Gasteiger partial charge in [-0.05, 0) is 38.0 Å². The summed E-state index contributed by atoms with van der Waals surface area (Å²) in [5, 5.41) is 2.87. The van der Waals surface area contributed by atoms with Crippen LogP contribution in [0.15, 0.2) is 24.3 Å². The van der Waals surface area contributed by atoms with Gasteiger partial charge in [0.15, 0.2) is 0 Å². The molecule has 0 bridgehead atoms. The van der Waals surface area contributed by atoms with Gasteiger partial charge >= 0.3 is 6.03 Å². The number of hydrogen-bond acceptors (Lipinski definition) is 3. The van der Waals surface area contributed by atoms with Crippen molar-refractivity contribution in [3.8, 4) is 0 Å². The van der Waals surface area contributed by atoms with E-state index in [9.17, 15) is 4.79 Å². The van der Waals surface area contributed by atoms with Gasteiger partial charge in [-0.3, -0.25) is 0 Å². The van der Waals surface area contributed by atoms with E-state index >= 15 is 0 Å². The van der Waals surface area contributed by atoms with Crippen molar-refractivity contribution in [2.24, 2.45) is 0 Å². The minimum absolute atomic E-state index is 0.0689. The van der Waals surface area contributed by atoms with Gasteiger partial charge in [0.1, 0.15) is 0 Å². The number of benzene rings is 1. The Kier molecular flexibility index (Phi) is 4.63. The molecule has 1 saturated heterocycles. The zero-order valence-electron chi connectivity index (χ0n) is 11.3. The first-order valence-electron chi connectivity index (χ1n) is 6.72. The number of carbonyl (C=O) groups excluding carboxylic acids is 1. The minimum Gasteiger partial charge on any atom is -0.399 e. The van der Waals surface area contributed by atoms with Crippen molar-refractivity contribution >= 4 is 17.4 Å². The molecule has 1 aromatic rings. The fourth-order valence-corrected chi connectivity index (χ4v) is 2.28. The maximum absolute atomic E-state index is 12.1. The molecule has 1 aliphatic rings. The molecule has 0 radical (unpaired) electrons. The smallest absolute Gasteiger partial charge is 0.321 e. The molecule has 0 saturated carbocycles. The number of carbonyl (C=O) groups is 1. The summed E-state index contributed by atoms with van der Waals surface area (Å²) in [6, 6.07) is 7.14. The van der Waals surface area contributed by atoms with Crippen LogP contribution in [-0.2, 0) is 4.74 Å². The summed E-state index contributed by atoms with van der Waals surface area (Å²) in [6.07, 6.45) is 2.09. The third-order valence-corrected chi connectivity index (χ3v) is 3.27. The van der Waals surface area contributed by atoms with Gasteiger partial charge in [0.2, 0.25) is 0 Å². The number of likely N-dealkylation sites (tertiary alicyclic amines) is 1. The lowest BCUT2D eigenvalue weighted by molar-refractivity contribution is 0.0232. The van der Waals surface area contributed by atoms with E-state index in [-0.39, 0.29) is 6.03 Å². The number of amides is 2. The van der Waals surface area contributed by atoms with Crippen LogP contribution in [0.1, 0.15) is 19.8 Å². The van der Waals surface area contributed by atoms with Crippen molar-refractivity contribution in [3.63, 3.8) is 0 Å². The molecule has 0 aromatic heterocycles. The van der Waals surface area contributed by atoms with Crippen LogP contribution < -0.4 is 11.1 Å². The quantitative estimate of drug-likeness (QED) is 0.822. The number of anilines is 2. The molecular formula is C14H21N3O2. The Morgan fingerprint density at radius 1 is 1.47 bits per heavy atom. The standard InChI is InChI=1S/C14H21N3O2/c1-2-19-13-6-8-17(9-7-13)14(18)16-12-5-3-4-11(15)10-12/h3-5,10,13H,2,6-9,15H2,1H3,(H,16,18). The highest BCUT2D eigenvalue weighted by Gasteiger charge is 2.22. The van der Waals surface area contributed by atoms with Crippen LogP contribution in [0.4, 0.5) is 16.2 Å². The Hall–Kier alpha value is -1.75. The first-order valence-corrected chi connectivity index (χ1v) is 6.72.